The second kappa shape index (κ2) is 5.95. The van der Waals surface area contributed by atoms with Crippen LogP contribution in [-0.2, 0) is 0 Å². The molecule has 0 saturated heterocycles. The first-order chi connectivity index (χ1) is 9.47. The maximum atomic E-state index is 11.9. The fourth-order valence-corrected chi connectivity index (χ4v) is 2.22. The molecule has 106 valence electrons. The highest BCUT2D eigenvalue weighted by atomic mass is 16.2. The molecule has 0 bridgehead atoms. The Labute approximate surface area is 120 Å². The average Bonchev–Trinajstić information content (AvgIpc) is 2.40. The number of carbonyl (C=O) groups excluding carboxylic acids is 1. The highest BCUT2D eigenvalue weighted by molar-refractivity contribution is 5.89. The quantitative estimate of drug-likeness (QED) is 0.859. The fraction of sp³-hybridized carbons (Fsp3) is 0.353. The van der Waals surface area contributed by atoms with Crippen molar-refractivity contribution in [3.8, 4) is 0 Å². The third-order valence-electron chi connectivity index (χ3n) is 3.73. The standard InChI is InChI=1S/C17H22N2O/c1-13-7-9-15(10-8-13)19-16(20)18-12-14-6-4-5-11-17(14,2)3/h4-11,14H,12H2,1-3H3,(H2,18,19,20). The smallest absolute Gasteiger partial charge is 0.319 e. The van der Waals surface area contributed by atoms with Crippen LogP contribution in [0.4, 0.5) is 10.5 Å². The van der Waals surface area contributed by atoms with Gasteiger partial charge in [0.2, 0.25) is 0 Å². The Hall–Kier alpha value is -2.03. The third-order valence-corrected chi connectivity index (χ3v) is 3.73. The summed E-state index contributed by atoms with van der Waals surface area (Å²) in [5.41, 5.74) is 2.06. The van der Waals surface area contributed by atoms with Gasteiger partial charge in [0, 0.05) is 18.2 Å². The van der Waals surface area contributed by atoms with Crippen LogP contribution in [-0.4, -0.2) is 12.6 Å². The molecule has 1 aliphatic carbocycles. The van der Waals surface area contributed by atoms with Crippen LogP contribution in [0.15, 0.2) is 48.6 Å². The maximum Gasteiger partial charge on any atom is 0.319 e. The number of carbonyl (C=O) groups is 1. The first-order valence-electron chi connectivity index (χ1n) is 6.95. The lowest BCUT2D eigenvalue weighted by Gasteiger charge is -2.31. The molecule has 1 aliphatic rings. The number of nitrogens with one attached hydrogen (secondary N) is 2. The Morgan fingerprint density at radius 1 is 1.20 bits per heavy atom. The lowest BCUT2D eigenvalue weighted by atomic mass is 9.76. The first-order valence-corrected chi connectivity index (χ1v) is 6.95. The number of hydrogen-bond acceptors (Lipinski definition) is 1. The second-order valence-corrected chi connectivity index (χ2v) is 5.87. The van der Waals surface area contributed by atoms with Gasteiger partial charge in [-0.05, 0) is 24.5 Å². The molecule has 20 heavy (non-hydrogen) atoms. The Balaban J connectivity index is 1.85. The van der Waals surface area contributed by atoms with Gasteiger partial charge in [0.15, 0.2) is 0 Å². The highest BCUT2D eigenvalue weighted by Crippen LogP contribution is 2.31. The van der Waals surface area contributed by atoms with Gasteiger partial charge in [-0.1, -0.05) is 55.8 Å². The minimum Gasteiger partial charge on any atom is -0.337 e. The van der Waals surface area contributed by atoms with E-state index < -0.39 is 0 Å². The molecule has 2 rings (SSSR count). The van der Waals surface area contributed by atoms with Gasteiger partial charge < -0.3 is 10.6 Å². The van der Waals surface area contributed by atoms with Crippen molar-refractivity contribution in [2.75, 3.05) is 11.9 Å². The first kappa shape index (κ1) is 14.4. The summed E-state index contributed by atoms with van der Waals surface area (Å²) in [5.74, 6) is 0.316. The summed E-state index contributed by atoms with van der Waals surface area (Å²) in [6.45, 7) is 7.01. The molecule has 1 aromatic rings. The number of urea groups is 1. The minimum atomic E-state index is -0.160. The number of aryl methyl sites for hydroxylation is 1. The molecule has 0 aliphatic heterocycles. The molecule has 3 nitrogen and oxygen atoms in total. The van der Waals surface area contributed by atoms with Crippen LogP contribution in [0, 0.1) is 18.3 Å². The SMILES string of the molecule is Cc1ccc(NC(=O)NCC2C=CC=CC2(C)C)cc1. The fourth-order valence-electron chi connectivity index (χ4n) is 2.22. The molecule has 0 heterocycles. The van der Waals surface area contributed by atoms with Gasteiger partial charge in [-0.15, -0.1) is 0 Å². The van der Waals surface area contributed by atoms with Gasteiger partial charge >= 0.3 is 6.03 Å². The van der Waals surface area contributed by atoms with E-state index >= 15 is 0 Å². The molecule has 1 unspecified atom stereocenters. The third kappa shape index (κ3) is 3.73. The summed E-state index contributed by atoms with van der Waals surface area (Å²) in [5, 5.41) is 5.78. The van der Waals surface area contributed by atoms with Gasteiger partial charge in [-0.3, -0.25) is 0 Å². The van der Waals surface area contributed by atoms with E-state index in [-0.39, 0.29) is 11.4 Å². The Bertz CT molecular complexity index is 526. The van der Waals surface area contributed by atoms with E-state index in [4.69, 9.17) is 0 Å². The van der Waals surface area contributed by atoms with E-state index in [0.29, 0.717) is 12.5 Å². The van der Waals surface area contributed by atoms with Crippen LogP contribution < -0.4 is 10.6 Å². The van der Waals surface area contributed by atoms with Crippen LogP contribution in [0.2, 0.25) is 0 Å². The lowest BCUT2D eigenvalue weighted by Crippen LogP contribution is -2.37. The molecule has 0 aromatic heterocycles. The van der Waals surface area contributed by atoms with Gasteiger partial charge in [0.1, 0.15) is 0 Å². The summed E-state index contributed by atoms with van der Waals surface area (Å²) >= 11 is 0. The van der Waals surface area contributed by atoms with Crippen molar-refractivity contribution in [2.45, 2.75) is 20.8 Å². The Kier molecular flexibility index (Phi) is 4.28. The number of hydrogen-bond donors (Lipinski definition) is 2. The number of anilines is 1. The summed E-state index contributed by atoms with van der Waals surface area (Å²) in [6.07, 6.45) is 8.42. The van der Waals surface area contributed by atoms with Crippen molar-refractivity contribution in [2.24, 2.45) is 11.3 Å². The summed E-state index contributed by atoms with van der Waals surface area (Å²) in [7, 11) is 0. The zero-order valence-corrected chi connectivity index (χ0v) is 12.3. The van der Waals surface area contributed by atoms with E-state index in [1.165, 1.54) is 5.56 Å². The summed E-state index contributed by atoms with van der Waals surface area (Å²) < 4.78 is 0. The monoisotopic (exact) mass is 270 g/mol. The van der Waals surface area contributed by atoms with Crippen LogP contribution >= 0.6 is 0 Å². The Morgan fingerprint density at radius 2 is 1.90 bits per heavy atom. The molecule has 1 atom stereocenters. The Morgan fingerprint density at radius 3 is 2.55 bits per heavy atom. The van der Waals surface area contributed by atoms with Crippen molar-refractivity contribution in [3.63, 3.8) is 0 Å². The van der Waals surface area contributed by atoms with Crippen molar-refractivity contribution in [1.29, 1.82) is 0 Å². The van der Waals surface area contributed by atoms with Crippen molar-refractivity contribution >= 4 is 11.7 Å². The van der Waals surface area contributed by atoms with E-state index in [0.717, 1.165) is 5.69 Å². The largest absolute Gasteiger partial charge is 0.337 e. The second-order valence-electron chi connectivity index (χ2n) is 5.87. The van der Waals surface area contributed by atoms with Gasteiger partial charge in [0.25, 0.3) is 0 Å². The predicted molar refractivity (Wildman–Crippen MR) is 83.8 cm³/mol. The van der Waals surface area contributed by atoms with Gasteiger partial charge in [0.05, 0.1) is 0 Å². The molecule has 2 N–H and O–H groups in total. The molecule has 0 spiro atoms. The number of amides is 2. The van der Waals surface area contributed by atoms with E-state index in [1.807, 2.05) is 37.3 Å². The minimum absolute atomic E-state index is 0.0753. The summed E-state index contributed by atoms with van der Waals surface area (Å²) in [6, 6.07) is 7.61. The van der Waals surface area contributed by atoms with Crippen LogP contribution in [0.5, 0.6) is 0 Å². The van der Waals surface area contributed by atoms with Crippen LogP contribution in [0.3, 0.4) is 0 Å². The average molecular weight is 270 g/mol. The number of allylic oxidation sites excluding steroid dienone is 3. The van der Waals surface area contributed by atoms with Crippen molar-refractivity contribution in [3.05, 3.63) is 54.1 Å². The van der Waals surface area contributed by atoms with Gasteiger partial charge in [-0.25, -0.2) is 4.79 Å². The van der Waals surface area contributed by atoms with Crippen LogP contribution in [0.25, 0.3) is 0 Å². The zero-order valence-electron chi connectivity index (χ0n) is 12.3. The van der Waals surface area contributed by atoms with Gasteiger partial charge in [-0.2, -0.15) is 0 Å². The maximum absolute atomic E-state index is 11.9. The lowest BCUT2D eigenvalue weighted by molar-refractivity contribution is 0.246. The molecule has 3 heteroatoms. The normalized spacial score (nSPS) is 19.6. The van der Waals surface area contributed by atoms with Crippen molar-refractivity contribution in [1.82, 2.24) is 5.32 Å². The van der Waals surface area contributed by atoms with E-state index in [2.05, 4.69) is 42.7 Å². The predicted octanol–water partition coefficient (Wildman–Crippen LogP) is 3.88. The molecule has 2 amide bonds. The van der Waals surface area contributed by atoms with E-state index in [9.17, 15) is 4.79 Å². The number of benzene rings is 1. The molecule has 1 aromatic carbocycles. The van der Waals surface area contributed by atoms with Crippen molar-refractivity contribution < 1.29 is 4.79 Å². The van der Waals surface area contributed by atoms with E-state index in [1.54, 1.807) is 0 Å². The molecule has 0 radical (unpaired) electrons. The number of rotatable bonds is 3. The molecular weight excluding hydrogens is 248 g/mol. The zero-order chi connectivity index (χ0) is 14.6. The molecule has 0 saturated carbocycles. The molecular formula is C17H22N2O. The topological polar surface area (TPSA) is 41.1 Å². The highest BCUT2D eigenvalue weighted by Gasteiger charge is 2.26. The van der Waals surface area contributed by atoms with Crippen LogP contribution in [0.1, 0.15) is 19.4 Å². The molecule has 0 fully saturated rings. The summed E-state index contributed by atoms with van der Waals surface area (Å²) in [4.78, 5) is 11.9.